The summed E-state index contributed by atoms with van der Waals surface area (Å²) in [6, 6.07) is 18.1. The Labute approximate surface area is 192 Å². The molecule has 0 spiro atoms. The zero-order valence-electron chi connectivity index (χ0n) is 17.7. The molecule has 1 atom stereocenters. The van der Waals surface area contributed by atoms with Gasteiger partial charge in [0.15, 0.2) is 0 Å². The fourth-order valence-electron chi connectivity index (χ4n) is 3.53. The van der Waals surface area contributed by atoms with Crippen molar-refractivity contribution in [1.29, 1.82) is 0 Å². The first-order valence-electron chi connectivity index (χ1n) is 10.3. The summed E-state index contributed by atoms with van der Waals surface area (Å²) in [5.41, 5.74) is 1.62. The monoisotopic (exact) mass is 463 g/mol. The van der Waals surface area contributed by atoms with Gasteiger partial charge in [-0.05, 0) is 53.1 Å². The van der Waals surface area contributed by atoms with Gasteiger partial charge in [-0.2, -0.15) is 0 Å². The summed E-state index contributed by atoms with van der Waals surface area (Å²) in [5.74, 6) is -2.66. The molecule has 0 saturated carbocycles. The number of aromatic nitrogens is 2. The third-order valence-electron chi connectivity index (χ3n) is 5.20. The molecular formula is C25H19F2N3O4. The number of carboxylic acid groups (broad SMARTS) is 1. The summed E-state index contributed by atoms with van der Waals surface area (Å²) >= 11 is 0. The van der Waals surface area contributed by atoms with Gasteiger partial charge < -0.3 is 10.4 Å². The van der Waals surface area contributed by atoms with Crippen molar-refractivity contribution in [2.24, 2.45) is 0 Å². The number of aliphatic carboxylic acids is 1. The normalized spacial score (nSPS) is 11.7. The van der Waals surface area contributed by atoms with Crippen LogP contribution in [0.15, 0.2) is 83.7 Å². The molecule has 172 valence electrons. The number of halogens is 2. The van der Waals surface area contributed by atoms with Crippen molar-refractivity contribution in [2.45, 2.75) is 12.5 Å². The molecule has 0 aliphatic heterocycles. The lowest BCUT2D eigenvalue weighted by Gasteiger charge is -2.17. The van der Waals surface area contributed by atoms with Gasteiger partial charge in [-0.3, -0.25) is 19.5 Å². The standard InChI is InChI=1S/C25H19F2N3O4/c26-18-8-10-20(11-9-18)30-23(31)13-22(29-30)25(34)28-21(14-24(32)33)16-6-4-15(5-7-16)17-2-1-3-19(27)12-17/h1-13,21,29H,14H2,(H,28,34)(H,32,33). The first-order chi connectivity index (χ1) is 16.3. The average molecular weight is 463 g/mol. The van der Waals surface area contributed by atoms with E-state index in [1.807, 2.05) is 0 Å². The number of rotatable bonds is 7. The number of aromatic amines is 1. The van der Waals surface area contributed by atoms with Gasteiger partial charge in [-0.1, -0.05) is 36.4 Å². The zero-order valence-corrected chi connectivity index (χ0v) is 17.7. The maximum atomic E-state index is 13.5. The number of amides is 1. The Balaban J connectivity index is 1.56. The predicted octanol–water partition coefficient (Wildman–Crippen LogP) is 4.06. The van der Waals surface area contributed by atoms with Gasteiger partial charge >= 0.3 is 5.97 Å². The van der Waals surface area contributed by atoms with Crippen LogP contribution < -0.4 is 10.9 Å². The van der Waals surface area contributed by atoms with E-state index in [2.05, 4.69) is 10.4 Å². The largest absolute Gasteiger partial charge is 0.481 e. The van der Waals surface area contributed by atoms with Crippen LogP contribution in [-0.4, -0.2) is 26.8 Å². The van der Waals surface area contributed by atoms with Gasteiger partial charge in [0.2, 0.25) is 0 Å². The van der Waals surface area contributed by atoms with Gasteiger partial charge in [0.05, 0.1) is 18.2 Å². The molecule has 4 aromatic rings. The molecule has 3 aromatic carbocycles. The minimum Gasteiger partial charge on any atom is -0.481 e. The Hall–Kier alpha value is -4.53. The van der Waals surface area contributed by atoms with E-state index in [0.29, 0.717) is 16.8 Å². The second-order valence-corrected chi connectivity index (χ2v) is 7.58. The molecule has 1 aromatic heterocycles. The Kier molecular flexibility index (Phi) is 6.35. The third kappa shape index (κ3) is 5.09. The Morgan fingerprint density at radius 2 is 1.62 bits per heavy atom. The number of carboxylic acids is 1. The number of hydrogen-bond donors (Lipinski definition) is 3. The van der Waals surface area contributed by atoms with Crippen LogP contribution in [0.4, 0.5) is 8.78 Å². The number of carbonyl (C=O) groups excluding carboxylic acids is 1. The lowest BCUT2D eigenvalue weighted by molar-refractivity contribution is -0.137. The smallest absolute Gasteiger partial charge is 0.305 e. The summed E-state index contributed by atoms with van der Waals surface area (Å²) in [6.45, 7) is 0. The molecule has 9 heteroatoms. The second-order valence-electron chi connectivity index (χ2n) is 7.58. The number of nitrogens with zero attached hydrogens (tertiary/aromatic N) is 1. The molecular weight excluding hydrogens is 444 g/mol. The minimum atomic E-state index is -1.13. The van der Waals surface area contributed by atoms with Crippen molar-refractivity contribution in [3.05, 3.63) is 112 Å². The van der Waals surface area contributed by atoms with E-state index in [1.165, 1.54) is 36.4 Å². The number of nitrogens with one attached hydrogen (secondary N) is 2. The summed E-state index contributed by atoms with van der Waals surface area (Å²) in [5, 5.41) is 14.6. The third-order valence-corrected chi connectivity index (χ3v) is 5.20. The van der Waals surface area contributed by atoms with E-state index in [9.17, 15) is 28.3 Å². The first-order valence-corrected chi connectivity index (χ1v) is 10.3. The lowest BCUT2D eigenvalue weighted by atomic mass is 9.99. The van der Waals surface area contributed by atoms with Crippen LogP contribution in [0.25, 0.3) is 16.8 Å². The highest BCUT2D eigenvalue weighted by Gasteiger charge is 2.21. The summed E-state index contributed by atoms with van der Waals surface area (Å²) in [6.07, 6.45) is -0.395. The molecule has 0 aliphatic rings. The van der Waals surface area contributed by atoms with Crippen molar-refractivity contribution >= 4 is 11.9 Å². The number of H-pyrrole nitrogens is 1. The quantitative estimate of drug-likeness (QED) is 0.385. The molecule has 1 amide bonds. The van der Waals surface area contributed by atoms with Crippen LogP contribution in [0.2, 0.25) is 0 Å². The topological polar surface area (TPSA) is 104 Å². The molecule has 0 bridgehead atoms. The van der Waals surface area contributed by atoms with E-state index in [4.69, 9.17) is 0 Å². The molecule has 0 aliphatic carbocycles. The van der Waals surface area contributed by atoms with Gasteiger partial charge in [-0.15, -0.1) is 0 Å². The van der Waals surface area contributed by atoms with Gasteiger partial charge in [-0.25, -0.2) is 13.5 Å². The Morgan fingerprint density at radius 1 is 0.912 bits per heavy atom. The van der Waals surface area contributed by atoms with Crippen LogP contribution in [0.1, 0.15) is 28.5 Å². The van der Waals surface area contributed by atoms with E-state index in [-0.39, 0.29) is 11.5 Å². The molecule has 3 N–H and O–H groups in total. The SMILES string of the molecule is O=C(O)CC(NC(=O)c1cc(=O)n(-c2ccc(F)cc2)[nH]1)c1ccc(-c2cccc(F)c2)cc1. The zero-order chi connectivity index (χ0) is 24.2. The minimum absolute atomic E-state index is 0.0823. The molecule has 4 rings (SSSR count). The molecule has 0 saturated heterocycles. The van der Waals surface area contributed by atoms with Crippen molar-refractivity contribution in [3.63, 3.8) is 0 Å². The van der Waals surface area contributed by atoms with Crippen molar-refractivity contribution in [3.8, 4) is 16.8 Å². The molecule has 0 radical (unpaired) electrons. The molecule has 0 fully saturated rings. The highest BCUT2D eigenvalue weighted by Crippen LogP contribution is 2.24. The highest BCUT2D eigenvalue weighted by atomic mass is 19.1. The molecule has 34 heavy (non-hydrogen) atoms. The van der Waals surface area contributed by atoms with Crippen molar-refractivity contribution in [1.82, 2.24) is 15.1 Å². The fourth-order valence-corrected chi connectivity index (χ4v) is 3.53. The first kappa shape index (κ1) is 22.7. The van der Waals surface area contributed by atoms with E-state index < -0.39 is 35.7 Å². The van der Waals surface area contributed by atoms with Gasteiger partial charge in [0, 0.05) is 6.07 Å². The maximum Gasteiger partial charge on any atom is 0.305 e. The Morgan fingerprint density at radius 3 is 2.26 bits per heavy atom. The summed E-state index contributed by atoms with van der Waals surface area (Å²) in [4.78, 5) is 36.5. The van der Waals surface area contributed by atoms with Crippen LogP contribution >= 0.6 is 0 Å². The maximum absolute atomic E-state index is 13.5. The molecule has 1 heterocycles. The van der Waals surface area contributed by atoms with Crippen molar-refractivity contribution < 1.29 is 23.5 Å². The van der Waals surface area contributed by atoms with Gasteiger partial charge in [0.1, 0.15) is 17.3 Å². The predicted molar refractivity (Wildman–Crippen MR) is 121 cm³/mol. The molecule has 7 nitrogen and oxygen atoms in total. The Bertz CT molecular complexity index is 1390. The second kappa shape index (κ2) is 9.53. The van der Waals surface area contributed by atoms with E-state index in [0.717, 1.165) is 16.3 Å². The van der Waals surface area contributed by atoms with Crippen LogP contribution in [-0.2, 0) is 4.79 Å². The number of benzene rings is 3. The van der Waals surface area contributed by atoms with Gasteiger partial charge in [0.25, 0.3) is 11.5 Å². The highest BCUT2D eigenvalue weighted by molar-refractivity contribution is 5.92. The van der Waals surface area contributed by atoms with Crippen LogP contribution in [0, 0.1) is 11.6 Å². The van der Waals surface area contributed by atoms with Crippen LogP contribution in [0.3, 0.4) is 0 Å². The molecule has 1 unspecified atom stereocenters. The number of hydrogen-bond acceptors (Lipinski definition) is 3. The van der Waals surface area contributed by atoms with E-state index >= 15 is 0 Å². The van der Waals surface area contributed by atoms with E-state index in [1.54, 1.807) is 36.4 Å². The lowest BCUT2D eigenvalue weighted by Crippen LogP contribution is -2.30. The van der Waals surface area contributed by atoms with Crippen LogP contribution in [0.5, 0.6) is 0 Å². The summed E-state index contributed by atoms with van der Waals surface area (Å²) in [7, 11) is 0. The van der Waals surface area contributed by atoms with Crippen molar-refractivity contribution in [2.75, 3.05) is 0 Å². The fraction of sp³-hybridized carbons (Fsp3) is 0.0800. The average Bonchev–Trinajstić information content (AvgIpc) is 3.21. The number of carbonyl (C=O) groups is 2. The summed E-state index contributed by atoms with van der Waals surface area (Å²) < 4.78 is 27.7.